The molecule has 1 N–H and O–H groups in total. The van der Waals surface area contributed by atoms with Crippen LogP contribution in [0.25, 0.3) is 0 Å². The summed E-state index contributed by atoms with van der Waals surface area (Å²) < 4.78 is 65.4. The van der Waals surface area contributed by atoms with Crippen molar-refractivity contribution in [2.24, 2.45) is 5.92 Å². The lowest BCUT2D eigenvalue weighted by atomic mass is 10.1. The van der Waals surface area contributed by atoms with Crippen LogP contribution in [0.4, 0.5) is 18.9 Å². The maximum atomic E-state index is 13.5. The summed E-state index contributed by atoms with van der Waals surface area (Å²) in [4.78, 5) is 27.9. The first kappa shape index (κ1) is 33.7. The highest BCUT2D eigenvalue weighted by atomic mass is 35.5. The van der Waals surface area contributed by atoms with Crippen LogP contribution >= 0.6 is 23.2 Å². The van der Waals surface area contributed by atoms with Crippen molar-refractivity contribution in [1.29, 1.82) is 0 Å². The van der Waals surface area contributed by atoms with Crippen molar-refractivity contribution in [2.45, 2.75) is 58.8 Å². The number of benzene rings is 2. The van der Waals surface area contributed by atoms with Gasteiger partial charge in [-0.3, -0.25) is 13.9 Å². The predicted molar refractivity (Wildman–Crippen MR) is 152 cm³/mol. The number of sulfonamides is 1. The Balaban J connectivity index is 2.28. The fourth-order valence-electron chi connectivity index (χ4n) is 4.02. The van der Waals surface area contributed by atoms with E-state index in [4.69, 9.17) is 23.2 Å². The number of halogens is 5. The summed E-state index contributed by atoms with van der Waals surface area (Å²) in [6.45, 7) is 5.89. The Morgan fingerprint density at radius 2 is 1.73 bits per heavy atom. The van der Waals surface area contributed by atoms with E-state index in [0.29, 0.717) is 23.6 Å². The zero-order valence-electron chi connectivity index (χ0n) is 22.8. The number of amides is 2. The van der Waals surface area contributed by atoms with Crippen LogP contribution in [0.5, 0.6) is 0 Å². The van der Waals surface area contributed by atoms with Crippen molar-refractivity contribution < 1.29 is 31.2 Å². The maximum absolute atomic E-state index is 13.5. The molecule has 0 unspecified atom stereocenters. The smallest absolute Gasteiger partial charge is 0.354 e. The van der Waals surface area contributed by atoms with Crippen molar-refractivity contribution in [3.63, 3.8) is 0 Å². The Morgan fingerprint density at radius 1 is 1.05 bits per heavy atom. The van der Waals surface area contributed by atoms with Gasteiger partial charge in [-0.15, -0.1) is 0 Å². The third-order valence-electron chi connectivity index (χ3n) is 6.02. The van der Waals surface area contributed by atoms with Gasteiger partial charge in [0, 0.05) is 26.1 Å². The molecular formula is C27H34Cl2F3N3O4S. The summed E-state index contributed by atoms with van der Waals surface area (Å²) in [7, 11) is -3.96. The third kappa shape index (κ3) is 9.85. The second-order valence-electron chi connectivity index (χ2n) is 9.82. The van der Waals surface area contributed by atoms with E-state index >= 15 is 0 Å². The minimum Gasteiger partial charge on any atom is -0.354 e. The molecule has 0 aromatic heterocycles. The monoisotopic (exact) mass is 623 g/mol. The molecule has 0 saturated carbocycles. The number of hydrogen-bond acceptors (Lipinski definition) is 4. The van der Waals surface area contributed by atoms with E-state index in [1.807, 2.05) is 13.8 Å². The molecule has 0 saturated heterocycles. The van der Waals surface area contributed by atoms with Crippen LogP contribution in [0.3, 0.4) is 0 Å². The van der Waals surface area contributed by atoms with Gasteiger partial charge < -0.3 is 10.2 Å². The van der Waals surface area contributed by atoms with Crippen LogP contribution in [0, 0.1) is 5.92 Å². The first-order valence-corrected chi connectivity index (χ1v) is 15.3. The Morgan fingerprint density at radius 3 is 2.27 bits per heavy atom. The summed E-state index contributed by atoms with van der Waals surface area (Å²) in [5.74, 6) is -0.556. The highest BCUT2D eigenvalue weighted by Crippen LogP contribution is 2.32. The average Bonchev–Trinajstić information content (AvgIpc) is 2.86. The van der Waals surface area contributed by atoms with Gasteiger partial charge in [-0.25, -0.2) is 8.42 Å². The number of carbonyl (C=O) groups excluding carboxylic acids is 2. The first-order chi connectivity index (χ1) is 18.5. The number of alkyl halides is 3. The molecule has 1 atom stereocenters. The van der Waals surface area contributed by atoms with Crippen molar-refractivity contribution in [1.82, 2.24) is 10.2 Å². The van der Waals surface area contributed by atoms with Crippen LogP contribution < -0.4 is 9.62 Å². The topological polar surface area (TPSA) is 86.8 Å². The number of rotatable bonds is 13. The molecule has 40 heavy (non-hydrogen) atoms. The number of anilines is 1. The lowest BCUT2D eigenvalue weighted by Gasteiger charge is -2.31. The Bertz CT molecular complexity index is 1290. The zero-order chi connectivity index (χ0) is 30.3. The number of nitrogens with one attached hydrogen (secondary N) is 1. The average molecular weight is 625 g/mol. The second kappa shape index (κ2) is 14.4. The minimum atomic E-state index is -4.65. The zero-order valence-corrected chi connectivity index (χ0v) is 25.1. The molecule has 2 rings (SSSR count). The van der Waals surface area contributed by atoms with Crippen molar-refractivity contribution in [3.8, 4) is 0 Å². The highest BCUT2D eigenvalue weighted by Gasteiger charge is 2.32. The molecule has 222 valence electrons. The lowest BCUT2D eigenvalue weighted by Crippen LogP contribution is -2.49. The van der Waals surface area contributed by atoms with Gasteiger partial charge in [0.2, 0.25) is 21.8 Å². The Kier molecular flexibility index (Phi) is 12.1. The molecule has 2 aromatic carbocycles. The maximum Gasteiger partial charge on any atom is 0.416 e. The van der Waals surface area contributed by atoms with Crippen molar-refractivity contribution >= 4 is 50.7 Å². The van der Waals surface area contributed by atoms with E-state index in [1.165, 1.54) is 11.0 Å². The number of nitrogens with zero attached hydrogens (tertiary/aromatic N) is 2. The van der Waals surface area contributed by atoms with E-state index in [0.717, 1.165) is 28.8 Å². The minimum absolute atomic E-state index is 0.00404. The molecule has 13 heteroatoms. The van der Waals surface area contributed by atoms with Gasteiger partial charge in [-0.05, 0) is 54.7 Å². The number of hydrogen-bond donors (Lipinski definition) is 1. The molecule has 0 fully saturated rings. The normalized spacial score (nSPS) is 12.8. The third-order valence-corrected chi connectivity index (χ3v) is 7.95. The van der Waals surface area contributed by atoms with E-state index < -0.39 is 33.7 Å². The molecule has 7 nitrogen and oxygen atoms in total. The molecule has 0 aliphatic carbocycles. The van der Waals surface area contributed by atoms with E-state index in [2.05, 4.69) is 5.32 Å². The van der Waals surface area contributed by atoms with Gasteiger partial charge in [-0.1, -0.05) is 56.1 Å². The quantitative estimate of drug-likeness (QED) is 0.290. The van der Waals surface area contributed by atoms with Crippen LogP contribution in [-0.4, -0.2) is 50.5 Å². The van der Waals surface area contributed by atoms with Gasteiger partial charge in [0.05, 0.1) is 27.6 Å². The lowest BCUT2D eigenvalue weighted by molar-refractivity contribution is -0.141. The fraction of sp³-hybridized carbons (Fsp3) is 0.481. The SMILES string of the molecule is CC[C@@H](C(=O)NCC(C)C)N(Cc1ccc(Cl)c(Cl)c1)C(=O)CCCN(c1cccc(C(F)(F)F)c1)S(C)(=O)=O. The van der Waals surface area contributed by atoms with E-state index in [9.17, 15) is 31.2 Å². The van der Waals surface area contributed by atoms with Crippen LogP contribution in [0.15, 0.2) is 42.5 Å². The largest absolute Gasteiger partial charge is 0.416 e. The second-order valence-corrected chi connectivity index (χ2v) is 12.5. The molecule has 2 aromatic rings. The molecule has 2 amide bonds. The van der Waals surface area contributed by atoms with Gasteiger partial charge in [-0.2, -0.15) is 13.2 Å². The van der Waals surface area contributed by atoms with Gasteiger partial charge in [0.15, 0.2) is 0 Å². The molecule has 0 radical (unpaired) electrons. The molecule has 0 spiro atoms. The van der Waals surface area contributed by atoms with Crippen molar-refractivity contribution in [3.05, 3.63) is 63.6 Å². The van der Waals surface area contributed by atoms with E-state index in [1.54, 1.807) is 25.1 Å². The van der Waals surface area contributed by atoms with Gasteiger partial charge in [0.1, 0.15) is 6.04 Å². The van der Waals surface area contributed by atoms with Crippen LogP contribution in [0.2, 0.25) is 10.0 Å². The Labute approximate surface area is 243 Å². The molecule has 0 bridgehead atoms. The summed E-state index contributed by atoms with van der Waals surface area (Å²) in [5, 5.41) is 3.47. The van der Waals surface area contributed by atoms with Crippen LogP contribution in [0.1, 0.15) is 51.2 Å². The molecule has 0 heterocycles. The van der Waals surface area contributed by atoms with Crippen molar-refractivity contribution in [2.75, 3.05) is 23.7 Å². The summed E-state index contributed by atoms with van der Waals surface area (Å²) >= 11 is 12.2. The first-order valence-electron chi connectivity index (χ1n) is 12.7. The standard InChI is InChI=1S/C27H34Cl2F3N3O4S/c1-5-24(26(37)33-16-18(2)3)34(17-19-11-12-22(28)23(29)14-19)25(36)10-7-13-35(40(4,38)39)21-9-6-8-20(15-21)27(30,31)32/h6,8-9,11-12,14-15,18,24H,5,7,10,13,16-17H2,1-4H3,(H,33,37)/t24-/m0/s1. The highest BCUT2D eigenvalue weighted by molar-refractivity contribution is 7.92. The van der Waals surface area contributed by atoms with Crippen LogP contribution in [-0.2, 0) is 32.3 Å². The van der Waals surface area contributed by atoms with Gasteiger partial charge >= 0.3 is 6.18 Å². The summed E-state index contributed by atoms with van der Waals surface area (Å²) in [6.07, 6.45) is -3.59. The summed E-state index contributed by atoms with van der Waals surface area (Å²) in [6, 6.07) is 8.06. The molecule has 0 aliphatic heterocycles. The van der Waals surface area contributed by atoms with Gasteiger partial charge in [0.25, 0.3) is 0 Å². The molecular weight excluding hydrogens is 590 g/mol. The molecule has 0 aliphatic rings. The van der Waals surface area contributed by atoms with E-state index in [-0.39, 0.29) is 48.5 Å². The summed E-state index contributed by atoms with van der Waals surface area (Å²) in [5.41, 5.74) is -0.503. The fourth-order valence-corrected chi connectivity index (χ4v) is 5.30. The number of carbonyl (C=O) groups is 2. The predicted octanol–water partition coefficient (Wildman–Crippen LogP) is 6.14. The Hall–Kier alpha value is -2.50.